The highest BCUT2D eigenvalue weighted by molar-refractivity contribution is 6.03. The summed E-state index contributed by atoms with van der Waals surface area (Å²) in [5.74, 6) is -0.660. The largest absolute Gasteiger partial charge is 0.459 e. The van der Waals surface area contributed by atoms with Crippen LogP contribution in [0, 0.1) is 0 Å². The first kappa shape index (κ1) is 20.7. The topological polar surface area (TPSA) is 67.9 Å². The molecule has 2 atom stereocenters. The van der Waals surface area contributed by atoms with Gasteiger partial charge in [-0.05, 0) is 50.3 Å². The number of benzene rings is 1. The second kappa shape index (κ2) is 8.64. The van der Waals surface area contributed by atoms with E-state index >= 15 is 0 Å². The third kappa shape index (κ3) is 4.01. The number of allylic oxidation sites excluding steroid dienone is 3. The molecule has 0 saturated carbocycles. The fraction of sp³-hybridized carbons (Fsp3) is 0.500. The van der Waals surface area contributed by atoms with Gasteiger partial charge in [-0.15, -0.1) is 0 Å². The van der Waals surface area contributed by atoms with Gasteiger partial charge in [0.15, 0.2) is 5.78 Å². The van der Waals surface area contributed by atoms with Crippen LogP contribution in [0.2, 0.25) is 0 Å². The molecule has 1 aromatic rings. The van der Waals surface area contributed by atoms with E-state index in [2.05, 4.69) is 5.32 Å². The second-order valence-corrected chi connectivity index (χ2v) is 8.49. The van der Waals surface area contributed by atoms with Gasteiger partial charge in [-0.25, -0.2) is 4.79 Å². The molecule has 0 amide bonds. The van der Waals surface area contributed by atoms with Crippen molar-refractivity contribution >= 4 is 17.4 Å². The average molecular weight is 411 g/mol. The zero-order valence-electron chi connectivity index (χ0n) is 18.0. The lowest BCUT2D eigenvalue weighted by molar-refractivity contribution is -0.142. The Labute approximate surface area is 177 Å². The normalized spacial score (nSPS) is 23.9. The number of nitrogens with one attached hydrogen (secondary N) is 1. The number of nitrogens with zero attached hydrogens (tertiary/aromatic N) is 1. The van der Waals surface area contributed by atoms with Crippen molar-refractivity contribution in [2.75, 3.05) is 32.2 Å². The SMILES string of the molecule is CC1=C(C(=O)OC[C@@H]2CCCO2)[C@H](c2ccc(N(C)C)cc2)C2=C(CCCC2=O)N1. The quantitative estimate of drug-likeness (QED) is 0.750. The maximum Gasteiger partial charge on any atom is 0.336 e. The predicted octanol–water partition coefficient (Wildman–Crippen LogP) is 3.44. The van der Waals surface area contributed by atoms with E-state index in [9.17, 15) is 9.59 Å². The minimum absolute atomic E-state index is 0.0321. The summed E-state index contributed by atoms with van der Waals surface area (Å²) in [6.45, 7) is 2.87. The first-order chi connectivity index (χ1) is 14.5. The van der Waals surface area contributed by atoms with Crippen molar-refractivity contribution in [3.8, 4) is 0 Å². The minimum atomic E-state index is -0.401. The summed E-state index contributed by atoms with van der Waals surface area (Å²) < 4.78 is 11.3. The van der Waals surface area contributed by atoms with Crippen molar-refractivity contribution < 1.29 is 19.1 Å². The van der Waals surface area contributed by atoms with Gasteiger partial charge in [0.05, 0.1) is 11.7 Å². The number of dihydropyridines is 1. The summed E-state index contributed by atoms with van der Waals surface area (Å²) in [5, 5.41) is 3.34. The van der Waals surface area contributed by atoms with Gasteiger partial charge in [-0.1, -0.05) is 12.1 Å². The lowest BCUT2D eigenvalue weighted by Crippen LogP contribution is -2.35. The van der Waals surface area contributed by atoms with Crippen LogP contribution in [0.15, 0.2) is 46.8 Å². The first-order valence-corrected chi connectivity index (χ1v) is 10.8. The maximum atomic E-state index is 13.2. The molecule has 6 heteroatoms. The Balaban J connectivity index is 1.68. The molecule has 3 aliphatic rings. The van der Waals surface area contributed by atoms with Crippen molar-refractivity contribution in [1.82, 2.24) is 5.32 Å². The van der Waals surface area contributed by atoms with Crippen LogP contribution in [-0.4, -0.2) is 45.2 Å². The van der Waals surface area contributed by atoms with Crippen LogP contribution in [0.25, 0.3) is 0 Å². The van der Waals surface area contributed by atoms with Gasteiger partial charge in [0.25, 0.3) is 0 Å². The fourth-order valence-electron chi connectivity index (χ4n) is 4.57. The molecular weight excluding hydrogens is 380 g/mol. The van der Waals surface area contributed by atoms with E-state index < -0.39 is 5.92 Å². The van der Waals surface area contributed by atoms with E-state index in [0.29, 0.717) is 17.6 Å². The molecule has 0 radical (unpaired) electrons. The summed E-state index contributed by atoms with van der Waals surface area (Å²) in [5.41, 5.74) is 4.96. The maximum absolute atomic E-state index is 13.2. The number of carbonyl (C=O) groups is 2. The Morgan fingerprint density at radius 3 is 2.63 bits per heavy atom. The first-order valence-electron chi connectivity index (χ1n) is 10.8. The summed E-state index contributed by atoms with van der Waals surface area (Å²) in [4.78, 5) is 28.1. The molecule has 0 spiro atoms. The minimum Gasteiger partial charge on any atom is -0.459 e. The molecule has 2 heterocycles. The Morgan fingerprint density at radius 1 is 1.20 bits per heavy atom. The molecule has 6 nitrogen and oxygen atoms in total. The number of esters is 1. The Hall–Kier alpha value is -2.60. The Kier molecular flexibility index (Phi) is 5.95. The van der Waals surface area contributed by atoms with Crippen LogP contribution in [0.1, 0.15) is 50.5 Å². The summed E-state index contributed by atoms with van der Waals surface area (Å²) in [6, 6.07) is 8.07. The van der Waals surface area contributed by atoms with Crippen molar-refractivity contribution in [3.05, 3.63) is 52.4 Å². The zero-order valence-corrected chi connectivity index (χ0v) is 18.0. The number of carbonyl (C=O) groups excluding carboxylic acids is 2. The smallest absolute Gasteiger partial charge is 0.336 e. The number of ether oxygens (including phenoxy) is 2. The Morgan fingerprint density at radius 2 is 1.97 bits per heavy atom. The summed E-state index contributed by atoms with van der Waals surface area (Å²) in [6.07, 6.45) is 4.05. The second-order valence-electron chi connectivity index (χ2n) is 8.49. The van der Waals surface area contributed by atoms with E-state index in [-0.39, 0.29) is 24.5 Å². The van der Waals surface area contributed by atoms with Crippen LogP contribution in [0.4, 0.5) is 5.69 Å². The molecule has 0 bridgehead atoms. The third-order valence-corrected chi connectivity index (χ3v) is 6.16. The van der Waals surface area contributed by atoms with E-state index in [1.54, 1.807) is 0 Å². The van der Waals surface area contributed by atoms with Gasteiger partial charge >= 0.3 is 5.97 Å². The van der Waals surface area contributed by atoms with Crippen LogP contribution < -0.4 is 10.2 Å². The van der Waals surface area contributed by atoms with Crippen LogP contribution in [0.3, 0.4) is 0 Å². The molecule has 0 unspecified atom stereocenters. The molecule has 1 saturated heterocycles. The standard InChI is InChI=1S/C24H30N2O4/c1-15-21(24(28)30-14-18-6-5-13-29-18)22(16-9-11-17(12-10-16)26(2)3)23-19(25-15)7-4-8-20(23)27/h9-12,18,22,25H,4-8,13-14H2,1-3H3/t18-,22-/m0/s1. The predicted molar refractivity (Wildman–Crippen MR) is 115 cm³/mol. The van der Waals surface area contributed by atoms with E-state index in [0.717, 1.165) is 54.9 Å². The number of rotatable bonds is 5. The van der Waals surface area contributed by atoms with Crippen molar-refractivity contribution in [3.63, 3.8) is 0 Å². The van der Waals surface area contributed by atoms with Gasteiger partial charge in [-0.2, -0.15) is 0 Å². The van der Waals surface area contributed by atoms with Crippen LogP contribution in [0.5, 0.6) is 0 Å². The van der Waals surface area contributed by atoms with Crippen molar-refractivity contribution in [2.45, 2.75) is 51.0 Å². The lowest BCUT2D eigenvalue weighted by Gasteiger charge is -2.34. The van der Waals surface area contributed by atoms with Gasteiger partial charge in [-0.3, -0.25) is 4.79 Å². The van der Waals surface area contributed by atoms with Gasteiger partial charge in [0.2, 0.25) is 0 Å². The van der Waals surface area contributed by atoms with Gasteiger partial charge in [0, 0.05) is 55.7 Å². The van der Waals surface area contributed by atoms with E-state index in [1.807, 2.05) is 50.2 Å². The van der Waals surface area contributed by atoms with Crippen LogP contribution >= 0.6 is 0 Å². The summed E-state index contributed by atoms with van der Waals surface area (Å²) in [7, 11) is 3.98. The fourth-order valence-corrected chi connectivity index (χ4v) is 4.57. The van der Waals surface area contributed by atoms with Crippen molar-refractivity contribution in [1.29, 1.82) is 0 Å². The molecular formula is C24H30N2O4. The molecule has 1 fully saturated rings. The number of hydrogen-bond acceptors (Lipinski definition) is 6. The summed E-state index contributed by atoms with van der Waals surface area (Å²) >= 11 is 0. The molecule has 30 heavy (non-hydrogen) atoms. The van der Waals surface area contributed by atoms with E-state index in [4.69, 9.17) is 9.47 Å². The van der Waals surface area contributed by atoms with Crippen LogP contribution in [-0.2, 0) is 19.1 Å². The monoisotopic (exact) mass is 410 g/mol. The average Bonchev–Trinajstić information content (AvgIpc) is 3.25. The number of Topliss-reactive ketones (excluding diaryl/α,β-unsaturated/α-hetero) is 1. The molecule has 4 rings (SSSR count). The van der Waals surface area contributed by atoms with E-state index in [1.165, 1.54) is 0 Å². The number of hydrogen-bond donors (Lipinski definition) is 1. The third-order valence-electron chi connectivity index (χ3n) is 6.16. The highest BCUT2D eigenvalue weighted by Gasteiger charge is 2.39. The molecule has 1 aliphatic carbocycles. The highest BCUT2D eigenvalue weighted by Crippen LogP contribution is 2.42. The zero-order chi connectivity index (χ0) is 21.3. The van der Waals surface area contributed by atoms with Crippen molar-refractivity contribution in [2.24, 2.45) is 0 Å². The van der Waals surface area contributed by atoms with Gasteiger partial charge in [0.1, 0.15) is 6.61 Å². The molecule has 1 aromatic carbocycles. The van der Waals surface area contributed by atoms with Gasteiger partial charge < -0.3 is 19.7 Å². The molecule has 2 aliphatic heterocycles. The number of anilines is 1. The highest BCUT2D eigenvalue weighted by atomic mass is 16.6. The number of ketones is 1. The molecule has 1 N–H and O–H groups in total. The molecule has 0 aromatic heterocycles. The Bertz CT molecular complexity index is 892. The lowest BCUT2D eigenvalue weighted by atomic mass is 9.75. The molecule has 160 valence electrons.